The molecule has 1 aromatic heterocycles. The van der Waals surface area contributed by atoms with E-state index in [4.69, 9.17) is 0 Å². The van der Waals surface area contributed by atoms with Crippen LogP contribution >= 0.6 is 0 Å². The quantitative estimate of drug-likeness (QED) is 0.811. The predicted molar refractivity (Wildman–Crippen MR) is 92.5 cm³/mol. The molecule has 0 bridgehead atoms. The lowest BCUT2D eigenvalue weighted by Gasteiger charge is -2.49. The molecule has 2 fully saturated rings. The van der Waals surface area contributed by atoms with Crippen LogP contribution in [0.1, 0.15) is 31.7 Å². The van der Waals surface area contributed by atoms with Crippen LogP contribution in [0.15, 0.2) is 30.5 Å². The van der Waals surface area contributed by atoms with E-state index in [0.29, 0.717) is 17.6 Å². The van der Waals surface area contributed by atoms with Crippen LogP contribution < -0.4 is 4.90 Å². The van der Waals surface area contributed by atoms with Crippen LogP contribution in [-0.4, -0.2) is 41.6 Å². The third-order valence-corrected chi connectivity index (χ3v) is 5.36. The number of fused-ring (bicyclic) bond motifs is 2. The Morgan fingerprint density at radius 3 is 3.00 bits per heavy atom. The maximum Gasteiger partial charge on any atom is 0.101 e. The van der Waals surface area contributed by atoms with E-state index >= 15 is 0 Å². The molecule has 2 atom stereocenters. The number of hydrogen-bond donors (Lipinski definition) is 0. The minimum absolute atomic E-state index is 0.580. The fraction of sp³-hybridized carbons (Fsp3) is 0.474. The van der Waals surface area contributed by atoms with Gasteiger partial charge in [0, 0.05) is 42.4 Å². The molecule has 1 aromatic carbocycles. The summed E-state index contributed by atoms with van der Waals surface area (Å²) in [5.74, 6) is 0. The molecule has 0 amide bonds. The summed E-state index contributed by atoms with van der Waals surface area (Å²) in [6.07, 6.45) is 5.75. The number of hydrogen-bond acceptors (Lipinski definition) is 4. The van der Waals surface area contributed by atoms with Crippen molar-refractivity contribution in [2.24, 2.45) is 0 Å². The molecule has 2 aromatic rings. The van der Waals surface area contributed by atoms with Crippen molar-refractivity contribution in [1.82, 2.24) is 9.88 Å². The predicted octanol–water partition coefficient (Wildman–Crippen LogP) is 3.17. The lowest BCUT2D eigenvalue weighted by atomic mass is 9.95. The van der Waals surface area contributed by atoms with E-state index < -0.39 is 0 Å². The highest BCUT2D eigenvalue weighted by molar-refractivity contribution is 5.95. The smallest absolute Gasteiger partial charge is 0.101 e. The molecule has 4 rings (SSSR count). The molecule has 0 unspecified atom stereocenters. The summed E-state index contributed by atoms with van der Waals surface area (Å²) in [6.45, 7) is 5.72. The van der Waals surface area contributed by atoms with Gasteiger partial charge in [0.25, 0.3) is 0 Å². The van der Waals surface area contributed by atoms with Crippen molar-refractivity contribution >= 4 is 16.6 Å². The van der Waals surface area contributed by atoms with Crippen molar-refractivity contribution in [3.63, 3.8) is 0 Å². The van der Waals surface area contributed by atoms with Gasteiger partial charge in [-0.1, -0.05) is 6.42 Å². The summed E-state index contributed by atoms with van der Waals surface area (Å²) in [6, 6.07) is 11.6. The molecule has 0 radical (unpaired) electrons. The highest BCUT2D eigenvalue weighted by atomic mass is 15.3. The molecule has 2 aliphatic rings. The zero-order valence-corrected chi connectivity index (χ0v) is 13.6. The Morgan fingerprint density at radius 2 is 2.13 bits per heavy atom. The number of piperidine rings is 1. The molecule has 2 aliphatic heterocycles. The average molecular weight is 306 g/mol. The molecule has 118 valence electrons. The Hall–Kier alpha value is -2.12. The summed E-state index contributed by atoms with van der Waals surface area (Å²) in [7, 11) is 0. The highest BCUT2D eigenvalue weighted by Gasteiger charge is 2.34. The molecule has 4 heteroatoms. The van der Waals surface area contributed by atoms with Gasteiger partial charge in [0.15, 0.2) is 0 Å². The Kier molecular flexibility index (Phi) is 3.66. The standard InChI is InChI=1S/C19H22N4/c1-14-12-22(13-16-5-2-3-10-23(14)16)18-8-7-15(11-20)19-17(18)6-4-9-21-19/h4,6-9,14,16H,2-3,5,10,12-13H2,1H3/t14-,16-/m0/s1. The molecule has 3 heterocycles. The average Bonchev–Trinajstić information content (AvgIpc) is 2.60. The van der Waals surface area contributed by atoms with Crippen LogP contribution in [-0.2, 0) is 0 Å². The highest BCUT2D eigenvalue weighted by Crippen LogP contribution is 2.33. The number of rotatable bonds is 1. The number of anilines is 1. The Labute approximate surface area is 137 Å². The van der Waals surface area contributed by atoms with Crippen LogP contribution in [0, 0.1) is 11.3 Å². The van der Waals surface area contributed by atoms with E-state index in [9.17, 15) is 5.26 Å². The minimum atomic E-state index is 0.580. The number of nitrogens with zero attached hydrogens (tertiary/aromatic N) is 4. The maximum absolute atomic E-state index is 9.32. The van der Waals surface area contributed by atoms with Gasteiger partial charge in [0.05, 0.1) is 11.1 Å². The first kappa shape index (κ1) is 14.5. The molecule has 0 aliphatic carbocycles. The summed E-state index contributed by atoms with van der Waals surface area (Å²) in [4.78, 5) is 9.64. The van der Waals surface area contributed by atoms with Gasteiger partial charge < -0.3 is 4.90 Å². The fourth-order valence-corrected chi connectivity index (χ4v) is 4.27. The first-order valence-electron chi connectivity index (χ1n) is 8.56. The van der Waals surface area contributed by atoms with Gasteiger partial charge in [-0.3, -0.25) is 9.88 Å². The largest absolute Gasteiger partial charge is 0.368 e. The van der Waals surface area contributed by atoms with Crippen LogP contribution in [0.5, 0.6) is 0 Å². The fourth-order valence-electron chi connectivity index (χ4n) is 4.27. The van der Waals surface area contributed by atoms with Crippen LogP contribution in [0.3, 0.4) is 0 Å². The molecule has 0 spiro atoms. The zero-order chi connectivity index (χ0) is 15.8. The third kappa shape index (κ3) is 2.46. The zero-order valence-electron chi connectivity index (χ0n) is 13.6. The van der Waals surface area contributed by atoms with Gasteiger partial charge in [-0.2, -0.15) is 5.26 Å². The lowest BCUT2D eigenvalue weighted by Crippen LogP contribution is -2.59. The number of nitriles is 1. The van der Waals surface area contributed by atoms with E-state index in [2.05, 4.69) is 39.9 Å². The van der Waals surface area contributed by atoms with E-state index in [1.165, 1.54) is 31.5 Å². The molecule has 4 nitrogen and oxygen atoms in total. The first-order chi connectivity index (χ1) is 11.3. The molecule has 23 heavy (non-hydrogen) atoms. The molecule has 2 saturated heterocycles. The van der Waals surface area contributed by atoms with Gasteiger partial charge in [-0.15, -0.1) is 0 Å². The second kappa shape index (κ2) is 5.82. The number of pyridine rings is 1. The summed E-state index contributed by atoms with van der Waals surface area (Å²) >= 11 is 0. The van der Waals surface area contributed by atoms with Crippen molar-refractivity contribution in [2.75, 3.05) is 24.5 Å². The Morgan fingerprint density at radius 1 is 1.22 bits per heavy atom. The molecule has 0 N–H and O–H groups in total. The topological polar surface area (TPSA) is 43.2 Å². The van der Waals surface area contributed by atoms with Gasteiger partial charge in [0.2, 0.25) is 0 Å². The van der Waals surface area contributed by atoms with E-state index in [1.54, 1.807) is 6.20 Å². The second-order valence-corrected chi connectivity index (χ2v) is 6.79. The number of aromatic nitrogens is 1. The normalized spacial score (nSPS) is 25.1. The number of benzene rings is 1. The molecular formula is C19H22N4. The maximum atomic E-state index is 9.32. The first-order valence-corrected chi connectivity index (χ1v) is 8.56. The Bertz CT molecular complexity index is 764. The SMILES string of the molecule is C[C@H]1CN(c2ccc(C#N)c3ncccc23)C[C@@H]2CCCCN21. The van der Waals surface area contributed by atoms with Gasteiger partial charge in [0.1, 0.15) is 6.07 Å². The van der Waals surface area contributed by atoms with Crippen LogP contribution in [0.4, 0.5) is 5.69 Å². The minimum Gasteiger partial charge on any atom is -0.368 e. The third-order valence-electron chi connectivity index (χ3n) is 5.36. The van der Waals surface area contributed by atoms with Crippen molar-refractivity contribution in [2.45, 2.75) is 38.3 Å². The van der Waals surface area contributed by atoms with Gasteiger partial charge in [-0.25, -0.2) is 0 Å². The second-order valence-electron chi connectivity index (χ2n) is 6.79. The number of piperazine rings is 1. The van der Waals surface area contributed by atoms with Gasteiger partial charge >= 0.3 is 0 Å². The molecule has 0 saturated carbocycles. The van der Waals surface area contributed by atoms with Crippen molar-refractivity contribution in [3.8, 4) is 6.07 Å². The van der Waals surface area contributed by atoms with E-state index in [0.717, 1.165) is 24.0 Å². The monoisotopic (exact) mass is 306 g/mol. The summed E-state index contributed by atoms with van der Waals surface area (Å²) in [5, 5.41) is 10.4. The van der Waals surface area contributed by atoms with Crippen LogP contribution in [0.2, 0.25) is 0 Å². The van der Waals surface area contributed by atoms with Gasteiger partial charge in [-0.05, 0) is 50.6 Å². The van der Waals surface area contributed by atoms with Crippen molar-refractivity contribution < 1.29 is 0 Å². The summed E-state index contributed by atoms with van der Waals surface area (Å²) < 4.78 is 0. The summed E-state index contributed by atoms with van der Waals surface area (Å²) in [5.41, 5.74) is 2.71. The van der Waals surface area contributed by atoms with Crippen molar-refractivity contribution in [1.29, 1.82) is 5.26 Å². The Balaban J connectivity index is 1.74. The van der Waals surface area contributed by atoms with E-state index in [1.807, 2.05) is 12.1 Å². The lowest BCUT2D eigenvalue weighted by molar-refractivity contribution is 0.0864. The van der Waals surface area contributed by atoms with E-state index in [-0.39, 0.29) is 0 Å². The molecular weight excluding hydrogens is 284 g/mol. The van der Waals surface area contributed by atoms with Crippen LogP contribution in [0.25, 0.3) is 10.9 Å². The van der Waals surface area contributed by atoms with Crippen molar-refractivity contribution in [3.05, 3.63) is 36.0 Å².